The lowest BCUT2D eigenvalue weighted by Gasteiger charge is -2.30. The maximum atomic E-state index is 14.0. The van der Waals surface area contributed by atoms with Gasteiger partial charge in [0, 0.05) is 27.6 Å². The van der Waals surface area contributed by atoms with Crippen LogP contribution in [0.4, 0.5) is 26.3 Å². The minimum absolute atomic E-state index is 0.169. The molecule has 9 nitrogen and oxygen atoms in total. The van der Waals surface area contributed by atoms with Gasteiger partial charge in [0.15, 0.2) is 10.5 Å². The van der Waals surface area contributed by atoms with Crippen LogP contribution in [0.1, 0.15) is 74.5 Å². The lowest BCUT2D eigenvalue weighted by Crippen LogP contribution is -2.61. The Morgan fingerprint density at radius 2 is 1.26 bits per heavy atom. The summed E-state index contributed by atoms with van der Waals surface area (Å²) in [7, 11) is -14.0. The molecule has 1 aliphatic heterocycles. The van der Waals surface area contributed by atoms with Gasteiger partial charge in [-0.05, 0) is 49.8 Å². The molecule has 2 aromatic rings. The molecule has 3 N–H and O–H groups in total. The topological polar surface area (TPSA) is 155 Å². The number of carbonyl (C=O) groups is 1. The van der Waals surface area contributed by atoms with Gasteiger partial charge in [-0.25, -0.2) is 0 Å². The predicted octanol–water partition coefficient (Wildman–Crippen LogP) is 5.45. The van der Waals surface area contributed by atoms with E-state index in [1.807, 2.05) is 30.3 Å². The van der Waals surface area contributed by atoms with E-state index in [0.717, 1.165) is 17.7 Å². The van der Waals surface area contributed by atoms with Crippen molar-refractivity contribution in [3.8, 4) is 5.75 Å². The van der Waals surface area contributed by atoms with E-state index < -0.39 is 72.2 Å². The number of rotatable bonds is 11. The van der Waals surface area contributed by atoms with E-state index in [4.69, 9.17) is 4.55 Å². The minimum Gasteiger partial charge on any atom is -0.392 e. The Labute approximate surface area is 272 Å². The van der Waals surface area contributed by atoms with Crippen molar-refractivity contribution in [2.45, 2.75) is 87.3 Å². The van der Waals surface area contributed by atoms with E-state index in [1.54, 1.807) is 20.8 Å². The average molecular weight is 740 g/mol. The van der Waals surface area contributed by atoms with Crippen molar-refractivity contribution in [3.63, 3.8) is 0 Å². The molecule has 18 heteroatoms. The maximum Gasteiger partial charge on any atom is 0.450 e. The fourth-order valence-electron chi connectivity index (χ4n) is 4.41. The lowest BCUT2D eigenvalue weighted by molar-refractivity contribution is -0.247. The van der Waals surface area contributed by atoms with Crippen LogP contribution in [0.15, 0.2) is 42.5 Å². The van der Waals surface area contributed by atoms with Crippen molar-refractivity contribution < 1.29 is 66.9 Å². The van der Waals surface area contributed by atoms with Gasteiger partial charge in [-0.2, -0.15) is 43.2 Å². The Hall–Kier alpha value is -2.38. The number of benzene rings is 2. The molecule has 0 aliphatic carbocycles. The summed E-state index contributed by atoms with van der Waals surface area (Å²) < 4.78 is 138. The van der Waals surface area contributed by atoms with Crippen LogP contribution in [-0.2, 0) is 49.8 Å². The Bertz CT molecular complexity index is 1610. The highest BCUT2D eigenvalue weighted by molar-refractivity contribution is 7.99. The van der Waals surface area contributed by atoms with E-state index >= 15 is 0 Å². The largest absolute Gasteiger partial charge is 0.450 e. The monoisotopic (exact) mass is 739 g/mol. The zero-order valence-electron chi connectivity index (χ0n) is 26.1. The summed E-state index contributed by atoms with van der Waals surface area (Å²) in [5, 5.41) is 4.99. The van der Waals surface area contributed by atoms with E-state index in [-0.39, 0.29) is 15.6 Å². The van der Waals surface area contributed by atoms with E-state index in [0.29, 0.717) is 11.3 Å². The first-order chi connectivity index (χ1) is 21.2. The van der Waals surface area contributed by atoms with Gasteiger partial charge < -0.3 is 14.4 Å². The average Bonchev–Trinajstić information content (AvgIpc) is 3.52. The standard InChI is InChI=1S/C15H18F6O8S2.C14H19OS/c1-12(2,3)10-4-8(6-22)11(9(5-10)7-23)29-31(27,28)15(20,21)13(16,17)14(18,19)30(24,25)26;1-14(2,16-10-6-7-11-16)13(15)12-8-4-3-5-9-12/h4-5,22-23H,6-7H2,1-3H3,(H,24,25,26);3-5,8-9H,6-7,10-11H2,1-2H3/q;+1. The van der Waals surface area contributed by atoms with Gasteiger partial charge in [0.1, 0.15) is 11.5 Å². The molecule has 1 aliphatic rings. The SMILES string of the molecule is CC(C)(C(=O)c1ccccc1)[S+]1CCCC1.CC(C)(C)c1cc(CO)c(OS(=O)(=O)C(F)(F)C(F)(F)C(F)(F)S(=O)(=O)O)c(CO)c1. The number of ketones is 1. The molecular weight excluding hydrogens is 702 g/mol. The molecule has 0 aromatic heterocycles. The molecule has 0 unspecified atom stereocenters. The van der Waals surface area contributed by atoms with Crippen molar-refractivity contribution >= 4 is 36.9 Å². The molecule has 1 heterocycles. The van der Waals surface area contributed by atoms with Crippen molar-refractivity contribution in [2.24, 2.45) is 0 Å². The van der Waals surface area contributed by atoms with Crippen LogP contribution in [0, 0.1) is 0 Å². The van der Waals surface area contributed by atoms with Gasteiger partial charge in [-0.15, -0.1) is 0 Å². The molecule has 47 heavy (non-hydrogen) atoms. The number of halogens is 6. The second kappa shape index (κ2) is 14.2. The third kappa shape index (κ3) is 8.26. The van der Waals surface area contributed by atoms with Crippen LogP contribution < -0.4 is 4.18 Å². The van der Waals surface area contributed by atoms with E-state index in [9.17, 15) is 58.2 Å². The Morgan fingerprint density at radius 3 is 1.64 bits per heavy atom. The second-order valence-electron chi connectivity index (χ2n) is 12.1. The summed E-state index contributed by atoms with van der Waals surface area (Å²) in [5.74, 6) is -5.63. The molecule has 0 spiro atoms. The highest BCUT2D eigenvalue weighted by atomic mass is 32.2. The fraction of sp³-hybridized carbons (Fsp3) is 0.552. The summed E-state index contributed by atoms with van der Waals surface area (Å²) in [5.41, 5.74) is -0.673. The lowest BCUT2D eigenvalue weighted by atomic mass is 9.85. The summed E-state index contributed by atoms with van der Waals surface area (Å²) >= 11 is 0. The van der Waals surface area contributed by atoms with Crippen molar-refractivity contribution in [3.05, 3.63) is 64.7 Å². The molecule has 0 bridgehead atoms. The maximum absolute atomic E-state index is 14.0. The van der Waals surface area contributed by atoms with E-state index in [2.05, 4.69) is 18.0 Å². The Morgan fingerprint density at radius 1 is 0.809 bits per heavy atom. The number of Topliss-reactive ketones (excluding diaryl/α,β-unsaturated/α-hetero) is 1. The third-order valence-corrected chi connectivity index (χ3v) is 12.7. The van der Waals surface area contributed by atoms with Crippen molar-refractivity contribution in [1.82, 2.24) is 0 Å². The quantitative estimate of drug-likeness (QED) is 0.0898. The number of aliphatic hydroxyl groups is 2. The zero-order chi connectivity index (χ0) is 36.4. The molecule has 0 radical (unpaired) electrons. The number of hydrogen-bond donors (Lipinski definition) is 3. The number of aliphatic hydroxyl groups excluding tert-OH is 2. The number of carbonyl (C=O) groups excluding carboxylic acids is 1. The number of hydrogen-bond acceptors (Lipinski definition) is 8. The zero-order valence-corrected chi connectivity index (χ0v) is 28.5. The summed E-state index contributed by atoms with van der Waals surface area (Å²) in [6.07, 6.45) is 2.60. The van der Waals surface area contributed by atoms with Crippen LogP contribution in [0.25, 0.3) is 0 Å². The van der Waals surface area contributed by atoms with E-state index in [1.165, 1.54) is 24.3 Å². The van der Waals surface area contributed by atoms with Crippen LogP contribution in [0.5, 0.6) is 5.75 Å². The van der Waals surface area contributed by atoms with Gasteiger partial charge in [0.05, 0.1) is 13.2 Å². The van der Waals surface area contributed by atoms with Crippen LogP contribution in [0.2, 0.25) is 0 Å². The minimum atomic E-state index is -7.19. The normalized spacial score (nSPS) is 15.6. The van der Waals surface area contributed by atoms with Crippen LogP contribution in [-0.4, -0.2) is 70.1 Å². The molecule has 1 fully saturated rings. The molecule has 0 atom stereocenters. The summed E-state index contributed by atoms with van der Waals surface area (Å²) in [6.45, 7) is 6.93. The molecular formula is C29H37F6O9S3+. The fourth-order valence-corrected chi connectivity index (χ4v) is 8.62. The molecule has 3 rings (SSSR count). The molecule has 2 aromatic carbocycles. The Kier molecular flexibility index (Phi) is 12.4. The third-order valence-electron chi connectivity index (χ3n) is 7.35. The first-order valence-electron chi connectivity index (χ1n) is 13.9. The van der Waals surface area contributed by atoms with Crippen LogP contribution >= 0.6 is 0 Å². The highest BCUT2D eigenvalue weighted by Crippen LogP contribution is 2.51. The van der Waals surface area contributed by atoms with Crippen molar-refractivity contribution in [1.29, 1.82) is 0 Å². The summed E-state index contributed by atoms with van der Waals surface area (Å²) in [6, 6.07) is 11.8. The van der Waals surface area contributed by atoms with Gasteiger partial charge in [-0.1, -0.05) is 51.1 Å². The second-order valence-corrected chi connectivity index (χ2v) is 18.0. The first-order valence-corrected chi connectivity index (χ1v) is 18.3. The predicted molar refractivity (Wildman–Crippen MR) is 164 cm³/mol. The van der Waals surface area contributed by atoms with Gasteiger partial charge in [-0.3, -0.25) is 9.35 Å². The van der Waals surface area contributed by atoms with Gasteiger partial charge in [0.2, 0.25) is 5.78 Å². The smallest absolute Gasteiger partial charge is 0.392 e. The van der Waals surface area contributed by atoms with Crippen molar-refractivity contribution in [2.75, 3.05) is 11.5 Å². The molecule has 0 amide bonds. The molecule has 0 saturated carbocycles. The van der Waals surface area contributed by atoms with Gasteiger partial charge >= 0.3 is 36.7 Å². The highest BCUT2D eigenvalue weighted by Gasteiger charge is 2.83. The summed E-state index contributed by atoms with van der Waals surface area (Å²) in [4.78, 5) is 12.5. The number of alkyl halides is 6. The Balaban J connectivity index is 0.000000398. The molecule has 1 saturated heterocycles. The first kappa shape index (κ1) is 40.8. The molecule has 266 valence electrons. The van der Waals surface area contributed by atoms with Gasteiger partial charge in [0.25, 0.3) is 0 Å². The van der Waals surface area contributed by atoms with Crippen LogP contribution in [0.3, 0.4) is 0 Å².